The summed E-state index contributed by atoms with van der Waals surface area (Å²) in [5.41, 5.74) is 0.304. The summed E-state index contributed by atoms with van der Waals surface area (Å²) in [7, 11) is 0. The number of hydrogen-bond acceptors (Lipinski definition) is 3. The van der Waals surface area contributed by atoms with Crippen LogP contribution < -0.4 is 10.9 Å². The first kappa shape index (κ1) is 10.5. The maximum Gasteiger partial charge on any atom is 0.285 e. The molecule has 1 aromatic rings. The van der Waals surface area contributed by atoms with Crippen LogP contribution in [0, 0.1) is 5.92 Å². The van der Waals surface area contributed by atoms with Gasteiger partial charge in [0, 0.05) is 6.04 Å². The van der Waals surface area contributed by atoms with Gasteiger partial charge in [-0.25, -0.2) is 5.10 Å². The van der Waals surface area contributed by atoms with Gasteiger partial charge in [-0.05, 0) is 18.8 Å². The number of hydrogen-bond donors (Lipinski definition) is 2. The predicted molar refractivity (Wildman–Crippen MR) is 60.3 cm³/mol. The second-order valence-corrected chi connectivity index (χ2v) is 4.34. The zero-order chi connectivity index (χ0) is 10.8. The smallest absolute Gasteiger partial charge is 0.285 e. The molecule has 1 saturated carbocycles. The SMILES string of the molecule is CCC[C@H]1C[C@@H]1Nc1cn[nH]c(=O)c1Cl. The number of aromatic amines is 1. The second-order valence-electron chi connectivity index (χ2n) is 3.96. The molecule has 0 unspecified atom stereocenters. The van der Waals surface area contributed by atoms with E-state index in [1.807, 2.05) is 0 Å². The number of nitrogens with zero attached hydrogens (tertiary/aromatic N) is 1. The Morgan fingerprint density at radius 2 is 2.53 bits per heavy atom. The molecule has 0 radical (unpaired) electrons. The van der Waals surface area contributed by atoms with Crippen molar-refractivity contribution < 1.29 is 0 Å². The van der Waals surface area contributed by atoms with E-state index >= 15 is 0 Å². The molecule has 0 aliphatic heterocycles. The maximum atomic E-state index is 11.2. The van der Waals surface area contributed by atoms with E-state index in [9.17, 15) is 4.79 Å². The highest BCUT2D eigenvalue weighted by Gasteiger charge is 2.36. The molecular weight excluding hydrogens is 214 g/mol. The molecule has 0 aromatic carbocycles. The lowest BCUT2D eigenvalue weighted by molar-refractivity contribution is 0.692. The Balaban J connectivity index is 2.01. The quantitative estimate of drug-likeness (QED) is 0.828. The number of rotatable bonds is 4. The Morgan fingerprint density at radius 3 is 3.27 bits per heavy atom. The van der Waals surface area contributed by atoms with Crippen LogP contribution in [0.15, 0.2) is 11.0 Å². The van der Waals surface area contributed by atoms with Gasteiger partial charge in [-0.3, -0.25) is 4.79 Å². The normalized spacial score (nSPS) is 23.9. The van der Waals surface area contributed by atoms with Gasteiger partial charge in [-0.15, -0.1) is 0 Å². The van der Waals surface area contributed by atoms with Gasteiger partial charge in [0.25, 0.3) is 5.56 Å². The van der Waals surface area contributed by atoms with Gasteiger partial charge < -0.3 is 5.32 Å². The molecule has 1 aromatic heterocycles. The maximum absolute atomic E-state index is 11.2. The fourth-order valence-corrected chi connectivity index (χ4v) is 1.94. The van der Waals surface area contributed by atoms with Gasteiger partial charge in [-0.2, -0.15) is 5.10 Å². The summed E-state index contributed by atoms with van der Waals surface area (Å²) < 4.78 is 0. The van der Waals surface area contributed by atoms with Crippen LogP contribution in [-0.4, -0.2) is 16.2 Å². The molecule has 82 valence electrons. The number of aromatic nitrogens is 2. The topological polar surface area (TPSA) is 57.8 Å². The molecule has 2 atom stereocenters. The summed E-state index contributed by atoms with van der Waals surface area (Å²) in [4.78, 5) is 11.2. The van der Waals surface area contributed by atoms with Crippen LogP contribution in [0.1, 0.15) is 26.2 Å². The first-order valence-electron chi connectivity index (χ1n) is 5.22. The Labute approximate surface area is 93.0 Å². The van der Waals surface area contributed by atoms with E-state index in [4.69, 9.17) is 11.6 Å². The molecule has 1 aliphatic rings. The van der Waals surface area contributed by atoms with Crippen LogP contribution in [0.3, 0.4) is 0 Å². The molecule has 1 heterocycles. The van der Waals surface area contributed by atoms with Crippen LogP contribution in [-0.2, 0) is 0 Å². The summed E-state index contributed by atoms with van der Waals surface area (Å²) in [6.45, 7) is 2.18. The van der Waals surface area contributed by atoms with Gasteiger partial charge in [0.1, 0.15) is 5.02 Å². The predicted octanol–water partition coefficient (Wildman–Crippen LogP) is 2.02. The van der Waals surface area contributed by atoms with Gasteiger partial charge in [0.15, 0.2) is 0 Å². The van der Waals surface area contributed by atoms with Crippen molar-refractivity contribution >= 4 is 17.3 Å². The first-order valence-corrected chi connectivity index (χ1v) is 5.60. The van der Waals surface area contributed by atoms with E-state index < -0.39 is 0 Å². The van der Waals surface area contributed by atoms with Crippen molar-refractivity contribution in [2.75, 3.05) is 5.32 Å². The largest absolute Gasteiger partial charge is 0.379 e. The van der Waals surface area contributed by atoms with Crippen molar-refractivity contribution in [1.29, 1.82) is 0 Å². The zero-order valence-corrected chi connectivity index (χ0v) is 9.34. The number of nitrogens with one attached hydrogen (secondary N) is 2. The molecule has 1 aliphatic carbocycles. The molecule has 0 spiro atoms. The number of H-pyrrole nitrogens is 1. The highest BCUT2D eigenvalue weighted by molar-refractivity contribution is 6.32. The minimum atomic E-state index is -0.339. The van der Waals surface area contributed by atoms with Gasteiger partial charge in [0.05, 0.1) is 11.9 Å². The van der Waals surface area contributed by atoms with Crippen molar-refractivity contribution in [3.8, 4) is 0 Å². The Morgan fingerprint density at radius 1 is 1.73 bits per heavy atom. The fraction of sp³-hybridized carbons (Fsp3) is 0.600. The van der Waals surface area contributed by atoms with Crippen LogP contribution >= 0.6 is 11.6 Å². The fourth-order valence-electron chi connectivity index (χ4n) is 1.80. The molecule has 15 heavy (non-hydrogen) atoms. The van der Waals surface area contributed by atoms with Gasteiger partial charge in [0.2, 0.25) is 0 Å². The van der Waals surface area contributed by atoms with E-state index in [0.29, 0.717) is 11.7 Å². The van der Waals surface area contributed by atoms with Crippen molar-refractivity contribution in [2.45, 2.75) is 32.2 Å². The van der Waals surface area contributed by atoms with Crippen LogP contribution in [0.4, 0.5) is 5.69 Å². The standard InChI is InChI=1S/C10H14ClN3O/c1-2-3-6-4-7(6)13-8-5-12-14-10(15)9(8)11/h5-7H,2-4H2,1H3,(H2,13,14,15)/t6-,7-/m0/s1. The van der Waals surface area contributed by atoms with Crippen molar-refractivity contribution in [3.63, 3.8) is 0 Å². The van der Waals surface area contributed by atoms with Crippen molar-refractivity contribution in [2.24, 2.45) is 5.92 Å². The highest BCUT2D eigenvalue weighted by Crippen LogP contribution is 2.37. The van der Waals surface area contributed by atoms with Crippen molar-refractivity contribution in [1.82, 2.24) is 10.2 Å². The third-order valence-corrected chi connectivity index (χ3v) is 3.09. The minimum absolute atomic E-state index is 0.201. The second kappa shape index (κ2) is 4.23. The summed E-state index contributed by atoms with van der Waals surface area (Å²) in [6, 6.07) is 0.464. The van der Waals surface area contributed by atoms with Gasteiger partial charge >= 0.3 is 0 Å². The van der Waals surface area contributed by atoms with E-state index in [-0.39, 0.29) is 10.6 Å². The molecule has 4 nitrogen and oxygen atoms in total. The molecule has 1 fully saturated rings. The summed E-state index contributed by atoms with van der Waals surface area (Å²) in [5.74, 6) is 0.727. The van der Waals surface area contributed by atoms with Crippen LogP contribution in [0.5, 0.6) is 0 Å². The van der Waals surface area contributed by atoms with E-state index in [1.165, 1.54) is 12.8 Å². The molecule has 2 rings (SSSR count). The molecule has 2 N–H and O–H groups in total. The molecule has 5 heteroatoms. The summed E-state index contributed by atoms with van der Waals surface area (Å²) in [6.07, 6.45) is 5.15. The Hall–Kier alpha value is -1.03. The first-order chi connectivity index (χ1) is 7.22. The monoisotopic (exact) mass is 227 g/mol. The molecule has 0 saturated heterocycles. The van der Waals surface area contributed by atoms with Crippen LogP contribution in [0.2, 0.25) is 5.02 Å². The van der Waals surface area contributed by atoms with Crippen molar-refractivity contribution in [3.05, 3.63) is 21.6 Å². The number of anilines is 1. The van der Waals surface area contributed by atoms with Crippen LogP contribution in [0.25, 0.3) is 0 Å². The van der Waals surface area contributed by atoms with E-state index in [0.717, 1.165) is 12.3 Å². The summed E-state index contributed by atoms with van der Waals surface area (Å²) >= 11 is 5.84. The average Bonchev–Trinajstić information content (AvgIpc) is 2.93. The molecule has 0 bridgehead atoms. The molecule has 0 amide bonds. The Bertz CT molecular complexity index is 404. The Kier molecular flexibility index (Phi) is 2.95. The van der Waals surface area contributed by atoms with Gasteiger partial charge in [-0.1, -0.05) is 24.9 Å². The molecular formula is C10H14ClN3O. The summed E-state index contributed by atoms with van der Waals surface area (Å²) in [5, 5.41) is 9.45. The third kappa shape index (κ3) is 2.31. The zero-order valence-electron chi connectivity index (χ0n) is 8.59. The lowest BCUT2D eigenvalue weighted by Crippen LogP contribution is -2.13. The van der Waals surface area contributed by atoms with E-state index in [1.54, 1.807) is 6.20 Å². The number of halogens is 1. The lowest BCUT2D eigenvalue weighted by Gasteiger charge is -2.05. The highest BCUT2D eigenvalue weighted by atomic mass is 35.5. The lowest BCUT2D eigenvalue weighted by atomic mass is 10.2. The minimum Gasteiger partial charge on any atom is -0.379 e. The average molecular weight is 228 g/mol. The third-order valence-electron chi connectivity index (χ3n) is 2.72. The van der Waals surface area contributed by atoms with E-state index in [2.05, 4.69) is 22.4 Å².